The SMILES string of the molecule is CCc1nc(Br)cc(NC(C)(C)C(N)=O)n1. The number of amides is 1. The van der Waals surface area contributed by atoms with Crippen LogP contribution in [0.1, 0.15) is 26.6 Å². The Morgan fingerprint density at radius 1 is 1.56 bits per heavy atom. The van der Waals surface area contributed by atoms with Crippen LogP contribution in [0.5, 0.6) is 0 Å². The van der Waals surface area contributed by atoms with E-state index in [4.69, 9.17) is 5.73 Å². The molecule has 1 amide bonds. The number of halogens is 1. The Hall–Kier alpha value is -1.17. The second kappa shape index (κ2) is 4.78. The molecule has 1 aromatic rings. The number of anilines is 1. The number of hydrogen-bond acceptors (Lipinski definition) is 4. The van der Waals surface area contributed by atoms with Crippen LogP contribution in [0.15, 0.2) is 10.7 Å². The van der Waals surface area contributed by atoms with Crippen LogP contribution in [0, 0.1) is 0 Å². The number of nitrogens with zero attached hydrogens (tertiary/aromatic N) is 2. The van der Waals surface area contributed by atoms with E-state index in [0.29, 0.717) is 16.2 Å². The van der Waals surface area contributed by atoms with Crippen LogP contribution in [0.4, 0.5) is 5.82 Å². The monoisotopic (exact) mass is 286 g/mol. The van der Waals surface area contributed by atoms with Crippen molar-refractivity contribution in [2.75, 3.05) is 5.32 Å². The molecule has 88 valence electrons. The Bertz CT molecular complexity index is 406. The molecule has 0 radical (unpaired) electrons. The van der Waals surface area contributed by atoms with Crippen LogP contribution < -0.4 is 11.1 Å². The van der Waals surface area contributed by atoms with Crippen molar-refractivity contribution in [3.05, 3.63) is 16.5 Å². The number of rotatable bonds is 4. The fourth-order valence-electron chi connectivity index (χ4n) is 1.07. The Morgan fingerprint density at radius 2 is 2.19 bits per heavy atom. The van der Waals surface area contributed by atoms with Gasteiger partial charge in [0.1, 0.15) is 21.8 Å². The highest BCUT2D eigenvalue weighted by Crippen LogP contribution is 2.17. The second-order valence-corrected chi connectivity index (χ2v) is 4.77. The average Bonchev–Trinajstić information content (AvgIpc) is 2.15. The van der Waals surface area contributed by atoms with Crippen molar-refractivity contribution >= 4 is 27.7 Å². The van der Waals surface area contributed by atoms with Gasteiger partial charge in [-0.15, -0.1) is 0 Å². The van der Waals surface area contributed by atoms with Gasteiger partial charge in [0.05, 0.1) is 0 Å². The third-order valence-corrected chi connectivity index (χ3v) is 2.52. The number of primary amides is 1. The smallest absolute Gasteiger partial charge is 0.242 e. The lowest BCUT2D eigenvalue weighted by molar-refractivity contribution is -0.121. The summed E-state index contributed by atoms with van der Waals surface area (Å²) in [6.45, 7) is 5.37. The van der Waals surface area contributed by atoms with Gasteiger partial charge in [-0.25, -0.2) is 9.97 Å². The van der Waals surface area contributed by atoms with Crippen LogP contribution >= 0.6 is 15.9 Å². The van der Waals surface area contributed by atoms with Gasteiger partial charge in [0.2, 0.25) is 5.91 Å². The van der Waals surface area contributed by atoms with Gasteiger partial charge in [0.15, 0.2) is 0 Å². The number of carbonyl (C=O) groups excluding carboxylic acids is 1. The first-order valence-corrected chi connectivity index (χ1v) is 5.76. The molecule has 0 aromatic carbocycles. The van der Waals surface area contributed by atoms with Crippen molar-refractivity contribution in [3.63, 3.8) is 0 Å². The van der Waals surface area contributed by atoms with E-state index in [1.54, 1.807) is 19.9 Å². The van der Waals surface area contributed by atoms with Gasteiger partial charge < -0.3 is 11.1 Å². The first-order chi connectivity index (χ1) is 7.35. The van der Waals surface area contributed by atoms with Gasteiger partial charge in [-0.05, 0) is 29.8 Å². The number of hydrogen-bond donors (Lipinski definition) is 2. The van der Waals surface area contributed by atoms with Gasteiger partial charge in [0.25, 0.3) is 0 Å². The maximum Gasteiger partial charge on any atom is 0.242 e. The van der Waals surface area contributed by atoms with Crippen LogP contribution in [-0.2, 0) is 11.2 Å². The molecule has 16 heavy (non-hydrogen) atoms. The van der Waals surface area contributed by atoms with E-state index >= 15 is 0 Å². The molecule has 0 bridgehead atoms. The van der Waals surface area contributed by atoms with E-state index in [1.807, 2.05) is 6.92 Å². The molecule has 0 aliphatic carbocycles. The quantitative estimate of drug-likeness (QED) is 0.822. The number of aromatic nitrogens is 2. The highest BCUT2D eigenvalue weighted by molar-refractivity contribution is 9.10. The minimum atomic E-state index is -0.835. The molecular weight excluding hydrogens is 272 g/mol. The summed E-state index contributed by atoms with van der Waals surface area (Å²) in [5, 5.41) is 2.98. The van der Waals surface area contributed by atoms with Gasteiger partial charge in [-0.1, -0.05) is 6.92 Å². The van der Waals surface area contributed by atoms with Crippen molar-refractivity contribution in [2.24, 2.45) is 5.73 Å². The van der Waals surface area contributed by atoms with Gasteiger partial charge in [0, 0.05) is 12.5 Å². The lowest BCUT2D eigenvalue weighted by atomic mass is 10.1. The van der Waals surface area contributed by atoms with Gasteiger partial charge in [-0.3, -0.25) is 4.79 Å². The van der Waals surface area contributed by atoms with Gasteiger partial charge in [-0.2, -0.15) is 0 Å². The van der Waals surface area contributed by atoms with Crippen molar-refractivity contribution in [1.82, 2.24) is 9.97 Å². The third kappa shape index (κ3) is 3.16. The van der Waals surface area contributed by atoms with E-state index in [2.05, 4.69) is 31.2 Å². The Balaban J connectivity index is 2.97. The lowest BCUT2D eigenvalue weighted by Crippen LogP contribution is -2.45. The fourth-order valence-corrected chi connectivity index (χ4v) is 1.49. The van der Waals surface area contributed by atoms with Crippen LogP contribution in [0.25, 0.3) is 0 Å². The van der Waals surface area contributed by atoms with Crippen molar-refractivity contribution in [2.45, 2.75) is 32.7 Å². The number of carbonyl (C=O) groups is 1. The zero-order chi connectivity index (χ0) is 12.3. The summed E-state index contributed by atoms with van der Waals surface area (Å²) < 4.78 is 0.683. The largest absolute Gasteiger partial charge is 0.368 e. The Morgan fingerprint density at radius 3 is 2.69 bits per heavy atom. The van der Waals surface area contributed by atoms with Crippen molar-refractivity contribution < 1.29 is 4.79 Å². The minimum absolute atomic E-state index is 0.430. The highest BCUT2D eigenvalue weighted by Gasteiger charge is 2.25. The molecular formula is C10H15BrN4O. The van der Waals surface area contributed by atoms with E-state index < -0.39 is 11.4 Å². The number of nitrogens with two attached hydrogens (primary N) is 1. The highest BCUT2D eigenvalue weighted by atomic mass is 79.9. The molecule has 0 aliphatic rings. The minimum Gasteiger partial charge on any atom is -0.368 e. The molecule has 0 unspecified atom stereocenters. The molecule has 6 heteroatoms. The summed E-state index contributed by atoms with van der Waals surface area (Å²) in [6, 6.07) is 1.71. The summed E-state index contributed by atoms with van der Waals surface area (Å²) >= 11 is 3.29. The molecule has 1 aromatic heterocycles. The molecule has 0 spiro atoms. The topological polar surface area (TPSA) is 80.9 Å². The summed E-state index contributed by atoms with van der Waals surface area (Å²) in [4.78, 5) is 19.6. The molecule has 0 fully saturated rings. The van der Waals surface area contributed by atoms with Crippen molar-refractivity contribution in [3.8, 4) is 0 Å². The standard InChI is InChI=1S/C10H15BrN4O/c1-4-7-13-6(11)5-8(14-7)15-10(2,3)9(12)16/h5H,4H2,1-3H3,(H2,12,16)(H,13,14,15). The second-order valence-electron chi connectivity index (χ2n) is 3.96. The zero-order valence-electron chi connectivity index (χ0n) is 9.54. The molecule has 3 N–H and O–H groups in total. The Kier molecular flexibility index (Phi) is 3.85. The first-order valence-electron chi connectivity index (χ1n) is 4.96. The van der Waals surface area contributed by atoms with E-state index in [-0.39, 0.29) is 0 Å². The zero-order valence-corrected chi connectivity index (χ0v) is 11.1. The molecule has 5 nitrogen and oxygen atoms in total. The van der Waals surface area contributed by atoms with E-state index in [1.165, 1.54) is 0 Å². The summed E-state index contributed by atoms with van der Waals surface area (Å²) in [5.41, 5.74) is 4.44. The maximum atomic E-state index is 11.2. The number of aryl methyl sites for hydroxylation is 1. The average molecular weight is 287 g/mol. The van der Waals surface area contributed by atoms with Gasteiger partial charge >= 0.3 is 0 Å². The van der Waals surface area contributed by atoms with Crippen molar-refractivity contribution in [1.29, 1.82) is 0 Å². The van der Waals surface area contributed by atoms with Crippen LogP contribution in [-0.4, -0.2) is 21.4 Å². The maximum absolute atomic E-state index is 11.2. The molecule has 0 atom stereocenters. The molecule has 0 aliphatic heterocycles. The summed E-state index contributed by atoms with van der Waals surface area (Å²) in [7, 11) is 0. The van der Waals surface area contributed by atoms with Crippen LogP contribution in [0.3, 0.4) is 0 Å². The predicted octanol–water partition coefficient (Wildman–Crippen LogP) is 1.48. The first kappa shape index (κ1) is 12.9. The predicted molar refractivity (Wildman–Crippen MR) is 66.0 cm³/mol. The number of nitrogens with one attached hydrogen (secondary N) is 1. The molecule has 1 rings (SSSR count). The summed E-state index contributed by atoms with van der Waals surface area (Å²) in [5.74, 6) is 0.861. The third-order valence-electron chi connectivity index (χ3n) is 2.11. The lowest BCUT2D eigenvalue weighted by Gasteiger charge is -2.23. The van der Waals surface area contributed by atoms with E-state index in [0.717, 1.165) is 6.42 Å². The summed E-state index contributed by atoms with van der Waals surface area (Å²) in [6.07, 6.45) is 0.727. The molecule has 0 saturated carbocycles. The van der Waals surface area contributed by atoms with Crippen LogP contribution in [0.2, 0.25) is 0 Å². The molecule has 1 heterocycles. The van der Waals surface area contributed by atoms with E-state index in [9.17, 15) is 4.79 Å². The normalized spacial score (nSPS) is 11.2. The fraction of sp³-hybridized carbons (Fsp3) is 0.500. The molecule has 0 saturated heterocycles. The Labute approximate surface area is 103 Å².